The number of hydrogen-bond donors (Lipinski definition) is 1. The standard InChI is InChI=1S/C12H9N3O2/c16-11(9-4-2-1-3-5-9)12(17)15-10-6-13-8-14-7-10/h1-8H,(H,15,17). The van der Waals surface area contributed by atoms with Crippen molar-refractivity contribution in [1.29, 1.82) is 0 Å². The number of Topliss-reactive ketones (excluding diaryl/α,β-unsaturated/α-hetero) is 1. The summed E-state index contributed by atoms with van der Waals surface area (Å²) in [6.07, 6.45) is 4.18. The molecule has 2 rings (SSSR count). The smallest absolute Gasteiger partial charge is 0.296 e. The van der Waals surface area contributed by atoms with Crippen LogP contribution in [0.2, 0.25) is 0 Å². The summed E-state index contributed by atoms with van der Waals surface area (Å²) in [5.41, 5.74) is 0.739. The predicted octanol–water partition coefficient (Wildman–Crippen LogP) is 1.30. The van der Waals surface area contributed by atoms with E-state index in [0.717, 1.165) is 0 Å². The summed E-state index contributed by atoms with van der Waals surface area (Å²) in [5.74, 6) is -1.29. The van der Waals surface area contributed by atoms with Gasteiger partial charge in [-0.15, -0.1) is 0 Å². The largest absolute Gasteiger partial charge is 0.316 e. The lowest BCUT2D eigenvalue weighted by Crippen LogP contribution is -2.22. The van der Waals surface area contributed by atoms with Crippen LogP contribution in [0, 0.1) is 0 Å². The van der Waals surface area contributed by atoms with E-state index in [4.69, 9.17) is 0 Å². The molecule has 2 aromatic rings. The SMILES string of the molecule is O=C(Nc1cncnc1)C(=O)c1ccccc1. The van der Waals surface area contributed by atoms with Crippen LogP contribution in [0.4, 0.5) is 5.69 Å². The normalized spacial score (nSPS) is 9.65. The average molecular weight is 227 g/mol. The van der Waals surface area contributed by atoms with Crippen LogP contribution in [0.15, 0.2) is 49.1 Å². The minimum atomic E-state index is -0.703. The highest BCUT2D eigenvalue weighted by Crippen LogP contribution is 2.04. The van der Waals surface area contributed by atoms with Crippen LogP contribution in [0.25, 0.3) is 0 Å². The maximum absolute atomic E-state index is 11.7. The molecule has 17 heavy (non-hydrogen) atoms. The first-order chi connectivity index (χ1) is 8.27. The first-order valence-corrected chi connectivity index (χ1v) is 4.93. The van der Waals surface area contributed by atoms with E-state index < -0.39 is 11.7 Å². The highest BCUT2D eigenvalue weighted by molar-refractivity contribution is 6.46. The number of nitrogens with one attached hydrogen (secondary N) is 1. The monoisotopic (exact) mass is 227 g/mol. The molecule has 0 saturated heterocycles. The third-order valence-corrected chi connectivity index (χ3v) is 2.06. The fourth-order valence-corrected chi connectivity index (χ4v) is 1.27. The number of anilines is 1. The van der Waals surface area contributed by atoms with Gasteiger partial charge in [0, 0.05) is 5.56 Å². The van der Waals surface area contributed by atoms with Crippen LogP contribution in [0.1, 0.15) is 10.4 Å². The Bertz CT molecular complexity index is 526. The van der Waals surface area contributed by atoms with Crippen LogP contribution in [0.3, 0.4) is 0 Å². The van der Waals surface area contributed by atoms with Gasteiger partial charge in [-0.3, -0.25) is 9.59 Å². The summed E-state index contributed by atoms with van der Waals surface area (Å²) in [7, 11) is 0. The maximum Gasteiger partial charge on any atom is 0.296 e. The second-order valence-corrected chi connectivity index (χ2v) is 3.28. The Morgan fingerprint density at radius 2 is 1.65 bits per heavy atom. The van der Waals surface area contributed by atoms with E-state index in [-0.39, 0.29) is 0 Å². The van der Waals surface area contributed by atoms with Crippen molar-refractivity contribution in [2.45, 2.75) is 0 Å². The van der Waals surface area contributed by atoms with Crippen molar-refractivity contribution in [2.24, 2.45) is 0 Å². The molecule has 1 N–H and O–H groups in total. The fourth-order valence-electron chi connectivity index (χ4n) is 1.27. The van der Waals surface area contributed by atoms with E-state index in [0.29, 0.717) is 11.3 Å². The van der Waals surface area contributed by atoms with Crippen LogP contribution >= 0.6 is 0 Å². The van der Waals surface area contributed by atoms with Crippen molar-refractivity contribution < 1.29 is 9.59 Å². The molecule has 0 fully saturated rings. The number of rotatable bonds is 3. The number of carbonyl (C=O) groups excluding carboxylic acids is 2. The lowest BCUT2D eigenvalue weighted by Gasteiger charge is -2.02. The van der Waals surface area contributed by atoms with E-state index in [1.807, 2.05) is 0 Å². The topological polar surface area (TPSA) is 72.0 Å². The van der Waals surface area contributed by atoms with E-state index in [2.05, 4.69) is 15.3 Å². The summed E-state index contributed by atoms with van der Waals surface area (Å²) < 4.78 is 0. The molecule has 0 aliphatic carbocycles. The van der Waals surface area contributed by atoms with Gasteiger partial charge in [0.15, 0.2) is 0 Å². The van der Waals surface area contributed by atoms with Crippen LogP contribution in [-0.2, 0) is 4.79 Å². The van der Waals surface area contributed by atoms with E-state index in [9.17, 15) is 9.59 Å². The van der Waals surface area contributed by atoms with E-state index in [1.54, 1.807) is 30.3 Å². The highest BCUT2D eigenvalue weighted by Gasteiger charge is 2.15. The summed E-state index contributed by atoms with van der Waals surface area (Å²) in [6, 6.07) is 8.35. The van der Waals surface area contributed by atoms with Gasteiger partial charge in [0.05, 0.1) is 18.1 Å². The number of aromatic nitrogens is 2. The predicted molar refractivity (Wildman–Crippen MR) is 61.4 cm³/mol. The van der Waals surface area contributed by atoms with Gasteiger partial charge >= 0.3 is 0 Å². The van der Waals surface area contributed by atoms with Gasteiger partial charge in [-0.05, 0) is 0 Å². The van der Waals surface area contributed by atoms with Gasteiger partial charge in [0.2, 0.25) is 0 Å². The molecule has 0 atom stereocenters. The Labute approximate surface area is 97.5 Å². The Morgan fingerprint density at radius 3 is 2.29 bits per heavy atom. The number of amides is 1. The molecular formula is C12H9N3O2. The zero-order valence-electron chi connectivity index (χ0n) is 8.83. The van der Waals surface area contributed by atoms with Gasteiger partial charge < -0.3 is 5.32 Å². The van der Waals surface area contributed by atoms with Crippen molar-refractivity contribution in [3.63, 3.8) is 0 Å². The zero-order valence-corrected chi connectivity index (χ0v) is 8.83. The molecule has 0 spiro atoms. The maximum atomic E-state index is 11.7. The van der Waals surface area contributed by atoms with Crippen LogP contribution in [-0.4, -0.2) is 21.7 Å². The van der Waals surface area contributed by atoms with E-state index >= 15 is 0 Å². The quantitative estimate of drug-likeness (QED) is 0.633. The summed E-state index contributed by atoms with van der Waals surface area (Å²) in [4.78, 5) is 30.8. The van der Waals surface area contributed by atoms with Gasteiger partial charge in [-0.2, -0.15) is 0 Å². The molecule has 0 bridgehead atoms. The number of ketones is 1. The second-order valence-electron chi connectivity index (χ2n) is 3.28. The van der Waals surface area contributed by atoms with Crippen molar-refractivity contribution in [1.82, 2.24) is 9.97 Å². The molecule has 0 saturated carbocycles. The first kappa shape index (κ1) is 10.9. The molecule has 1 heterocycles. The van der Waals surface area contributed by atoms with Gasteiger partial charge in [-0.25, -0.2) is 9.97 Å². The molecule has 84 valence electrons. The lowest BCUT2D eigenvalue weighted by molar-refractivity contribution is -0.112. The van der Waals surface area contributed by atoms with Crippen LogP contribution < -0.4 is 5.32 Å². The van der Waals surface area contributed by atoms with Gasteiger partial charge in [0.25, 0.3) is 11.7 Å². The van der Waals surface area contributed by atoms with Crippen molar-refractivity contribution in [3.8, 4) is 0 Å². The minimum absolute atomic E-state index is 0.349. The summed E-state index contributed by atoms with van der Waals surface area (Å²) in [5, 5.41) is 2.43. The molecule has 1 amide bonds. The van der Waals surface area contributed by atoms with Crippen molar-refractivity contribution >= 4 is 17.4 Å². The molecule has 0 radical (unpaired) electrons. The summed E-state index contributed by atoms with van der Waals surface area (Å²) >= 11 is 0. The molecule has 5 nitrogen and oxygen atoms in total. The lowest BCUT2D eigenvalue weighted by atomic mass is 10.1. The van der Waals surface area contributed by atoms with Crippen molar-refractivity contribution in [2.75, 3.05) is 5.32 Å². The van der Waals surface area contributed by atoms with Gasteiger partial charge in [-0.1, -0.05) is 30.3 Å². The molecular weight excluding hydrogens is 218 g/mol. The first-order valence-electron chi connectivity index (χ1n) is 4.93. The third-order valence-electron chi connectivity index (χ3n) is 2.06. The Balaban J connectivity index is 2.09. The second kappa shape index (κ2) is 4.98. The third kappa shape index (κ3) is 2.72. The summed E-state index contributed by atoms with van der Waals surface area (Å²) in [6.45, 7) is 0. The highest BCUT2D eigenvalue weighted by atomic mass is 16.2. The number of nitrogens with zero attached hydrogens (tertiary/aromatic N) is 2. The number of carbonyl (C=O) groups is 2. The van der Waals surface area contributed by atoms with E-state index in [1.165, 1.54) is 18.7 Å². The van der Waals surface area contributed by atoms with Gasteiger partial charge in [0.1, 0.15) is 6.33 Å². The number of benzene rings is 1. The number of hydrogen-bond acceptors (Lipinski definition) is 4. The molecule has 0 aliphatic heterocycles. The Hall–Kier alpha value is -2.56. The molecule has 1 aromatic heterocycles. The molecule has 0 unspecified atom stereocenters. The Morgan fingerprint density at radius 1 is 1.00 bits per heavy atom. The molecule has 0 aliphatic rings. The van der Waals surface area contributed by atoms with Crippen molar-refractivity contribution in [3.05, 3.63) is 54.6 Å². The molecule has 1 aromatic carbocycles. The Kier molecular flexibility index (Phi) is 3.20. The average Bonchev–Trinajstić information content (AvgIpc) is 2.40. The minimum Gasteiger partial charge on any atom is -0.316 e. The molecule has 5 heteroatoms. The fraction of sp³-hybridized carbons (Fsp3) is 0. The van der Waals surface area contributed by atoms with Crippen LogP contribution in [0.5, 0.6) is 0 Å². The zero-order chi connectivity index (χ0) is 12.1.